The molecule has 0 bridgehead atoms. The smallest absolute Gasteiger partial charge is 0.161 e. The van der Waals surface area contributed by atoms with Crippen molar-refractivity contribution in [3.63, 3.8) is 0 Å². The Bertz CT molecular complexity index is 682. The van der Waals surface area contributed by atoms with Gasteiger partial charge in [-0.1, -0.05) is 12.6 Å². The van der Waals surface area contributed by atoms with Crippen molar-refractivity contribution in [3.8, 4) is 11.5 Å². The second-order valence-corrected chi connectivity index (χ2v) is 6.54. The number of rotatable bonds is 9. The van der Waals surface area contributed by atoms with E-state index in [1.54, 1.807) is 21.3 Å². The van der Waals surface area contributed by atoms with Crippen LogP contribution in [0.2, 0.25) is 0 Å². The molecule has 1 aromatic rings. The summed E-state index contributed by atoms with van der Waals surface area (Å²) in [6.45, 7) is 6.67. The highest BCUT2D eigenvalue weighted by Gasteiger charge is 2.23. The topological polar surface area (TPSA) is 51.8 Å². The van der Waals surface area contributed by atoms with E-state index in [2.05, 4.69) is 29.3 Å². The first-order valence-electron chi connectivity index (χ1n) is 9.41. The molecule has 0 aliphatic carbocycles. The first-order chi connectivity index (χ1) is 13.1. The summed E-state index contributed by atoms with van der Waals surface area (Å²) >= 11 is 0. The number of allylic oxidation sites excluding steroid dienone is 3. The third-order valence-corrected chi connectivity index (χ3v) is 4.88. The minimum Gasteiger partial charge on any atom is -0.497 e. The standard InChI is InChI=1S/C22H32N2O3/c1-6-17(14-19(7-2)25-3)23-15-18-9-8-10-20(24-18)16-11-12-21(26-4)22(13-16)27-5/h6-7,11-14,18,20,23-24H,1,8-10,15H2,2-5H3/b17-14+,19-7+. The predicted molar refractivity (Wildman–Crippen MR) is 110 cm³/mol. The van der Waals surface area contributed by atoms with Gasteiger partial charge in [-0.25, -0.2) is 0 Å². The molecule has 0 saturated carbocycles. The van der Waals surface area contributed by atoms with E-state index in [-0.39, 0.29) is 0 Å². The maximum atomic E-state index is 5.45. The van der Waals surface area contributed by atoms with Crippen LogP contribution in [0.1, 0.15) is 37.8 Å². The minimum atomic E-state index is 0.312. The van der Waals surface area contributed by atoms with Crippen LogP contribution in [0, 0.1) is 0 Å². The zero-order valence-electron chi connectivity index (χ0n) is 16.9. The van der Waals surface area contributed by atoms with E-state index in [0.29, 0.717) is 12.1 Å². The van der Waals surface area contributed by atoms with Crippen molar-refractivity contribution in [2.24, 2.45) is 0 Å². The summed E-state index contributed by atoms with van der Waals surface area (Å²) in [4.78, 5) is 0. The van der Waals surface area contributed by atoms with Gasteiger partial charge in [0.1, 0.15) is 5.76 Å². The summed E-state index contributed by atoms with van der Waals surface area (Å²) in [5.41, 5.74) is 2.19. The van der Waals surface area contributed by atoms with Crippen LogP contribution in [-0.4, -0.2) is 33.9 Å². The van der Waals surface area contributed by atoms with Gasteiger partial charge in [-0.05, 0) is 56.0 Å². The summed E-state index contributed by atoms with van der Waals surface area (Å²) in [6.07, 6.45) is 9.14. The molecule has 2 unspecified atom stereocenters. The monoisotopic (exact) mass is 372 g/mol. The van der Waals surface area contributed by atoms with Gasteiger partial charge in [0.05, 0.1) is 21.3 Å². The molecule has 5 nitrogen and oxygen atoms in total. The quantitative estimate of drug-likeness (QED) is 0.505. The van der Waals surface area contributed by atoms with Crippen molar-refractivity contribution in [1.29, 1.82) is 0 Å². The van der Waals surface area contributed by atoms with Gasteiger partial charge < -0.3 is 24.8 Å². The van der Waals surface area contributed by atoms with Crippen LogP contribution >= 0.6 is 0 Å². The first kappa shape index (κ1) is 20.9. The molecule has 5 heteroatoms. The number of ether oxygens (including phenoxy) is 3. The van der Waals surface area contributed by atoms with Gasteiger partial charge in [0.2, 0.25) is 0 Å². The molecular weight excluding hydrogens is 340 g/mol. The fraction of sp³-hybridized carbons (Fsp3) is 0.455. The van der Waals surface area contributed by atoms with Crippen LogP contribution in [0.25, 0.3) is 0 Å². The molecular formula is C22H32N2O3. The molecule has 1 aromatic carbocycles. The second-order valence-electron chi connectivity index (χ2n) is 6.54. The van der Waals surface area contributed by atoms with Crippen LogP contribution in [0.5, 0.6) is 11.5 Å². The van der Waals surface area contributed by atoms with Gasteiger partial charge in [-0.15, -0.1) is 0 Å². The highest BCUT2D eigenvalue weighted by molar-refractivity contribution is 5.44. The Morgan fingerprint density at radius 1 is 1.22 bits per heavy atom. The largest absolute Gasteiger partial charge is 0.497 e. The summed E-state index contributed by atoms with van der Waals surface area (Å²) in [5.74, 6) is 2.35. The van der Waals surface area contributed by atoms with Crippen LogP contribution < -0.4 is 20.1 Å². The van der Waals surface area contributed by atoms with Gasteiger partial charge >= 0.3 is 0 Å². The third-order valence-electron chi connectivity index (χ3n) is 4.88. The molecule has 2 N–H and O–H groups in total. The second kappa shape index (κ2) is 10.7. The van der Waals surface area contributed by atoms with E-state index in [1.165, 1.54) is 12.0 Å². The number of methoxy groups -OCH3 is 3. The summed E-state index contributed by atoms with van der Waals surface area (Å²) in [7, 11) is 5.00. The van der Waals surface area contributed by atoms with Crippen molar-refractivity contribution in [1.82, 2.24) is 10.6 Å². The highest BCUT2D eigenvalue weighted by Crippen LogP contribution is 2.33. The normalized spacial score (nSPS) is 20.7. The Balaban J connectivity index is 2.00. The van der Waals surface area contributed by atoms with E-state index in [9.17, 15) is 0 Å². The molecule has 0 amide bonds. The Labute approximate surface area is 163 Å². The number of hydrogen-bond acceptors (Lipinski definition) is 5. The predicted octanol–water partition coefficient (Wildman–Crippen LogP) is 4.10. The number of hydrogen-bond donors (Lipinski definition) is 2. The van der Waals surface area contributed by atoms with Gasteiger partial charge in [0.15, 0.2) is 11.5 Å². The lowest BCUT2D eigenvalue weighted by Crippen LogP contribution is -2.43. The van der Waals surface area contributed by atoms with E-state index < -0.39 is 0 Å². The maximum absolute atomic E-state index is 5.45. The zero-order valence-corrected chi connectivity index (χ0v) is 16.9. The Kier molecular flexibility index (Phi) is 8.27. The summed E-state index contributed by atoms with van der Waals surface area (Å²) in [5, 5.41) is 7.22. The summed E-state index contributed by atoms with van der Waals surface area (Å²) in [6, 6.07) is 6.85. The lowest BCUT2D eigenvalue weighted by molar-refractivity contribution is 0.304. The van der Waals surface area contributed by atoms with Crippen LogP contribution in [-0.2, 0) is 4.74 Å². The number of nitrogens with one attached hydrogen (secondary N) is 2. The Morgan fingerprint density at radius 3 is 2.63 bits per heavy atom. The van der Waals surface area contributed by atoms with E-state index in [4.69, 9.17) is 14.2 Å². The summed E-state index contributed by atoms with van der Waals surface area (Å²) < 4.78 is 16.1. The fourth-order valence-electron chi connectivity index (χ4n) is 3.35. The van der Waals surface area contributed by atoms with Crippen molar-refractivity contribution < 1.29 is 14.2 Å². The van der Waals surface area contributed by atoms with Gasteiger partial charge in [0.25, 0.3) is 0 Å². The average molecular weight is 373 g/mol. The highest BCUT2D eigenvalue weighted by atomic mass is 16.5. The molecule has 2 atom stereocenters. The molecule has 0 radical (unpaired) electrons. The van der Waals surface area contributed by atoms with E-state index in [1.807, 2.05) is 31.2 Å². The average Bonchev–Trinajstić information content (AvgIpc) is 2.73. The van der Waals surface area contributed by atoms with Crippen molar-refractivity contribution in [2.75, 3.05) is 27.9 Å². The SMILES string of the molecule is C=C/C(=C\C(=C/C)OC)NCC1CCCC(c2ccc(OC)c(OC)c2)N1. The van der Waals surface area contributed by atoms with Gasteiger partial charge in [0, 0.05) is 30.4 Å². The number of benzene rings is 1. The van der Waals surface area contributed by atoms with Gasteiger partial charge in [-0.2, -0.15) is 0 Å². The Hall–Kier alpha value is -2.40. The lowest BCUT2D eigenvalue weighted by atomic mass is 9.93. The van der Waals surface area contributed by atoms with Crippen molar-refractivity contribution in [2.45, 2.75) is 38.3 Å². The van der Waals surface area contributed by atoms with E-state index in [0.717, 1.165) is 42.3 Å². The van der Waals surface area contributed by atoms with Crippen LogP contribution in [0.3, 0.4) is 0 Å². The van der Waals surface area contributed by atoms with Crippen molar-refractivity contribution in [3.05, 3.63) is 60.0 Å². The lowest BCUT2D eigenvalue weighted by Gasteiger charge is -2.32. The maximum Gasteiger partial charge on any atom is 0.161 e. The van der Waals surface area contributed by atoms with Crippen LogP contribution in [0.15, 0.2) is 54.5 Å². The van der Waals surface area contributed by atoms with E-state index >= 15 is 0 Å². The minimum absolute atomic E-state index is 0.312. The zero-order chi connectivity index (χ0) is 19.6. The molecule has 1 aliphatic heterocycles. The molecule has 0 aromatic heterocycles. The number of piperidine rings is 1. The molecule has 148 valence electrons. The fourth-order valence-corrected chi connectivity index (χ4v) is 3.35. The third kappa shape index (κ3) is 5.79. The Morgan fingerprint density at radius 2 is 2.00 bits per heavy atom. The van der Waals surface area contributed by atoms with Crippen molar-refractivity contribution >= 4 is 0 Å². The molecule has 1 saturated heterocycles. The molecule has 1 fully saturated rings. The molecule has 1 heterocycles. The van der Waals surface area contributed by atoms with Gasteiger partial charge in [-0.3, -0.25) is 0 Å². The molecule has 0 spiro atoms. The molecule has 1 aliphatic rings. The van der Waals surface area contributed by atoms with Crippen LogP contribution in [0.4, 0.5) is 0 Å². The first-order valence-corrected chi connectivity index (χ1v) is 9.41. The molecule has 27 heavy (non-hydrogen) atoms. The molecule has 2 rings (SSSR count).